The smallest absolute Gasteiger partial charge is 0.192 e. The van der Waals surface area contributed by atoms with Gasteiger partial charge in [-0.3, -0.25) is 4.79 Å². The van der Waals surface area contributed by atoms with E-state index in [4.69, 9.17) is 9.15 Å². The highest BCUT2D eigenvalue weighted by atomic mass is 16.5. The van der Waals surface area contributed by atoms with Gasteiger partial charge in [-0.15, -0.1) is 0 Å². The molecule has 0 aliphatic carbocycles. The number of aliphatic hydroxyl groups excluding tert-OH is 4. The van der Waals surface area contributed by atoms with Crippen molar-refractivity contribution in [3.05, 3.63) is 39.7 Å². The number of hydrogen-bond donors (Lipinski definition) is 5. The van der Waals surface area contributed by atoms with E-state index in [1.807, 2.05) is 0 Å². The number of rotatable bonds is 5. The van der Waals surface area contributed by atoms with Crippen molar-refractivity contribution in [3.8, 4) is 5.75 Å². The molecule has 5 N–H and O–H groups in total. The number of benzene rings is 1. The van der Waals surface area contributed by atoms with Crippen LogP contribution >= 0.6 is 0 Å². The number of phenolic OH excluding ortho intramolecular Hbond substituents is 1. The molecule has 2 heterocycles. The summed E-state index contributed by atoms with van der Waals surface area (Å²) >= 11 is 0. The number of ether oxygens (including phenoxy) is 1. The molecule has 0 amide bonds. The van der Waals surface area contributed by atoms with E-state index in [1.54, 1.807) is 13.0 Å². The van der Waals surface area contributed by atoms with Crippen LogP contribution in [0, 0.1) is 6.92 Å². The van der Waals surface area contributed by atoms with E-state index in [9.17, 15) is 30.3 Å². The summed E-state index contributed by atoms with van der Waals surface area (Å²) in [6.45, 7) is 1.19. The van der Waals surface area contributed by atoms with Gasteiger partial charge in [0.25, 0.3) is 0 Å². The minimum Gasteiger partial charge on any atom is -0.508 e. The topological polar surface area (TPSA) is 141 Å². The summed E-state index contributed by atoms with van der Waals surface area (Å²) in [6.07, 6.45) is -4.52. The van der Waals surface area contributed by atoms with Gasteiger partial charge in [0.05, 0.1) is 18.1 Å². The normalized spacial score (nSPS) is 28.6. The van der Waals surface area contributed by atoms with Crippen LogP contribution in [0.5, 0.6) is 5.75 Å². The van der Waals surface area contributed by atoms with Crippen molar-refractivity contribution in [2.45, 2.75) is 56.7 Å². The second-order valence-corrected chi connectivity index (χ2v) is 6.96. The Morgan fingerprint density at radius 3 is 2.44 bits per heavy atom. The van der Waals surface area contributed by atoms with Crippen molar-refractivity contribution in [1.29, 1.82) is 0 Å². The van der Waals surface area contributed by atoms with Crippen molar-refractivity contribution in [2.75, 3.05) is 6.61 Å². The van der Waals surface area contributed by atoms with E-state index in [0.29, 0.717) is 41.6 Å². The molecule has 8 nitrogen and oxygen atoms in total. The fourth-order valence-corrected chi connectivity index (χ4v) is 3.47. The van der Waals surface area contributed by atoms with E-state index in [1.165, 1.54) is 12.1 Å². The number of aliphatic hydroxyl groups is 4. The van der Waals surface area contributed by atoms with Crippen molar-refractivity contribution >= 4 is 11.0 Å². The van der Waals surface area contributed by atoms with E-state index in [0.717, 1.165) is 0 Å². The van der Waals surface area contributed by atoms with Crippen molar-refractivity contribution in [3.63, 3.8) is 0 Å². The molecule has 1 saturated heterocycles. The highest BCUT2D eigenvalue weighted by Gasteiger charge is 2.42. The zero-order chi connectivity index (χ0) is 19.7. The average Bonchev–Trinajstić information content (AvgIpc) is 2.62. The summed E-state index contributed by atoms with van der Waals surface area (Å²) in [5, 5.41) is 49.5. The Kier molecular flexibility index (Phi) is 5.83. The lowest BCUT2D eigenvalue weighted by Crippen LogP contribution is -2.58. The van der Waals surface area contributed by atoms with Gasteiger partial charge in [-0.1, -0.05) is 0 Å². The average molecular weight is 380 g/mol. The monoisotopic (exact) mass is 380 g/mol. The fraction of sp³-hybridized carbons (Fsp3) is 0.526. The highest BCUT2D eigenvalue weighted by Crippen LogP contribution is 2.28. The predicted octanol–water partition coefficient (Wildman–Crippen LogP) is -0.0279. The van der Waals surface area contributed by atoms with Crippen LogP contribution in [0.1, 0.15) is 24.2 Å². The predicted molar refractivity (Wildman–Crippen MR) is 95.6 cm³/mol. The van der Waals surface area contributed by atoms with E-state index < -0.39 is 37.1 Å². The molecular formula is C19H24O8. The molecule has 0 spiro atoms. The van der Waals surface area contributed by atoms with Gasteiger partial charge in [0.1, 0.15) is 41.5 Å². The Balaban J connectivity index is 1.70. The number of hydrogen-bond acceptors (Lipinski definition) is 8. The third-order valence-electron chi connectivity index (χ3n) is 4.98. The van der Waals surface area contributed by atoms with Crippen LogP contribution < -0.4 is 5.43 Å². The van der Waals surface area contributed by atoms with Gasteiger partial charge in [0, 0.05) is 12.1 Å². The maximum Gasteiger partial charge on any atom is 0.192 e. The number of aromatic hydroxyl groups is 1. The SMILES string of the molecule is Cc1cc(=O)c2cc(CCCC3O[C@H](CO)[C@H](O)[C@H](O)[C@H]3O)c(O)cc2o1. The minimum absolute atomic E-state index is 0.00468. The van der Waals surface area contributed by atoms with E-state index in [2.05, 4.69) is 0 Å². The first-order valence-corrected chi connectivity index (χ1v) is 8.88. The summed E-state index contributed by atoms with van der Waals surface area (Å²) in [7, 11) is 0. The maximum absolute atomic E-state index is 12.1. The lowest BCUT2D eigenvalue weighted by molar-refractivity contribution is -0.230. The lowest BCUT2D eigenvalue weighted by atomic mass is 9.92. The molecule has 5 atom stereocenters. The Labute approximate surface area is 155 Å². The molecule has 1 aromatic heterocycles. The van der Waals surface area contributed by atoms with Crippen LogP contribution in [0.2, 0.25) is 0 Å². The molecule has 1 aliphatic heterocycles. The summed E-state index contributed by atoms with van der Waals surface area (Å²) in [5.74, 6) is 0.465. The van der Waals surface area contributed by atoms with Gasteiger partial charge in [-0.05, 0) is 37.8 Å². The van der Waals surface area contributed by atoms with Gasteiger partial charge in [-0.2, -0.15) is 0 Å². The van der Waals surface area contributed by atoms with Crippen LogP contribution in [0.25, 0.3) is 11.0 Å². The van der Waals surface area contributed by atoms with Crippen molar-refractivity contribution in [1.82, 2.24) is 0 Å². The Hall–Kier alpha value is -1.97. The molecule has 148 valence electrons. The summed E-state index contributed by atoms with van der Waals surface area (Å²) in [4.78, 5) is 12.1. The molecule has 2 aromatic rings. The van der Waals surface area contributed by atoms with E-state index >= 15 is 0 Å². The van der Waals surface area contributed by atoms with E-state index in [-0.39, 0.29) is 11.2 Å². The molecule has 1 aromatic carbocycles. The van der Waals surface area contributed by atoms with Gasteiger partial charge in [0.15, 0.2) is 5.43 Å². The molecule has 27 heavy (non-hydrogen) atoms. The lowest BCUT2D eigenvalue weighted by Gasteiger charge is -2.40. The summed E-state index contributed by atoms with van der Waals surface area (Å²) < 4.78 is 10.9. The Morgan fingerprint density at radius 2 is 1.74 bits per heavy atom. The fourth-order valence-electron chi connectivity index (χ4n) is 3.47. The Bertz CT molecular complexity index is 859. The van der Waals surface area contributed by atoms with Crippen molar-refractivity contribution < 1.29 is 34.7 Å². The maximum atomic E-state index is 12.1. The van der Waals surface area contributed by atoms with Gasteiger partial charge in [-0.25, -0.2) is 0 Å². The third-order valence-corrected chi connectivity index (χ3v) is 4.98. The second-order valence-electron chi connectivity index (χ2n) is 6.96. The molecule has 3 rings (SSSR count). The van der Waals surface area contributed by atoms with Crippen LogP contribution in [-0.4, -0.2) is 62.7 Å². The zero-order valence-corrected chi connectivity index (χ0v) is 14.9. The standard InChI is InChI=1S/C19H24O8/c1-9-5-13(22)11-6-10(12(21)7-15(11)26-9)3-2-4-14-17(23)19(25)18(24)16(8-20)27-14/h5-7,14,16-21,23-25H,2-4,8H2,1H3/t14?,16-,17+,18+,19-/m1/s1. The van der Waals surface area contributed by atoms with Gasteiger partial charge in [0.2, 0.25) is 0 Å². The molecule has 0 saturated carbocycles. The van der Waals surface area contributed by atoms with Gasteiger partial charge >= 0.3 is 0 Å². The molecule has 0 radical (unpaired) electrons. The minimum atomic E-state index is -1.40. The van der Waals surface area contributed by atoms with Crippen LogP contribution in [0.3, 0.4) is 0 Å². The van der Waals surface area contributed by atoms with Crippen LogP contribution in [0.4, 0.5) is 0 Å². The first kappa shape index (κ1) is 19.8. The number of fused-ring (bicyclic) bond motifs is 1. The quantitative estimate of drug-likeness (QED) is 0.487. The van der Waals surface area contributed by atoms with Crippen molar-refractivity contribution in [2.24, 2.45) is 0 Å². The molecule has 1 fully saturated rings. The Morgan fingerprint density at radius 1 is 1.04 bits per heavy atom. The second kappa shape index (κ2) is 7.95. The first-order valence-electron chi connectivity index (χ1n) is 8.88. The largest absolute Gasteiger partial charge is 0.508 e. The molecule has 0 bridgehead atoms. The first-order chi connectivity index (χ1) is 12.8. The van der Waals surface area contributed by atoms with Crippen LogP contribution in [0.15, 0.2) is 27.4 Å². The highest BCUT2D eigenvalue weighted by molar-refractivity contribution is 5.79. The molecule has 8 heteroatoms. The zero-order valence-electron chi connectivity index (χ0n) is 14.9. The molecular weight excluding hydrogens is 356 g/mol. The van der Waals surface area contributed by atoms with Gasteiger partial charge < -0.3 is 34.7 Å². The number of phenols is 1. The molecule has 1 aliphatic rings. The summed E-state index contributed by atoms with van der Waals surface area (Å²) in [6, 6.07) is 4.38. The third kappa shape index (κ3) is 3.99. The van der Waals surface area contributed by atoms with Crippen LogP contribution in [-0.2, 0) is 11.2 Å². The number of aryl methyl sites for hydroxylation is 2. The molecule has 1 unspecified atom stereocenters. The summed E-state index contributed by atoms with van der Waals surface area (Å²) in [5.41, 5.74) is 0.683.